The Morgan fingerprint density at radius 1 is 1.00 bits per heavy atom. The van der Waals surface area contributed by atoms with Crippen molar-refractivity contribution in [3.8, 4) is 0 Å². The number of carbonyl (C=O) groups excluding carboxylic acids is 1. The van der Waals surface area contributed by atoms with Gasteiger partial charge in [0.25, 0.3) is 5.91 Å². The molecule has 0 bridgehead atoms. The number of anilines is 3. The van der Waals surface area contributed by atoms with Gasteiger partial charge in [-0.2, -0.15) is 0 Å². The third-order valence-electron chi connectivity index (χ3n) is 3.24. The molecule has 3 aromatic rings. The first kappa shape index (κ1) is 16.1. The molecule has 1 aromatic heterocycles. The zero-order valence-corrected chi connectivity index (χ0v) is 14.5. The third kappa shape index (κ3) is 3.97. The Kier molecular flexibility index (Phi) is 4.86. The average Bonchev–Trinajstić information content (AvgIpc) is 2.57. The quantitative estimate of drug-likeness (QED) is 0.694. The molecule has 0 aliphatic carbocycles. The highest BCUT2D eigenvalue weighted by Crippen LogP contribution is 2.22. The summed E-state index contributed by atoms with van der Waals surface area (Å²) in [5.74, 6) is 0.0991. The number of nitrogens with zero attached hydrogens (tertiary/aromatic N) is 2. The van der Waals surface area contributed by atoms with E-state index in [0.717, 1.165) is 10.2 Å². The maximum absolute atomic E-state index is 12.5. The van der Waals surface area contributed by atoms with E-state index in [-0.39, 0.29) is 5.91 Å². The third-order valence-corrected chi connectivity index (χ3v) is 3.93. The number of aromatic nitrogens is 2. The Morgan fingerprint density at radius 2 is 1.71 bits per heavy atom. The van der Waals surface area contributed by atoms with Crippen molar-refractivity contribution < 1.29 is 4.79 Å². The van der Waals surface area contributed by atoms with Gasteiger partial charge in [-0.05, 0) is 53.2 Å². The van der Waals surface area contributed by atoms with Gasteiger partial charge in [-0.1, -0.05) is 30.3 Å². The summed E-state index contributed by atoms with van der Waals surface area (Å²) in [5, 5.41) is 5.94. The first-order valence-corrected chi connectivity index (χ1v) is 8.15. The second-order valence-corrected chi connectivity index (χ2v) is 6.00. The second kappa shape index (κ2) is 7.23. The average molecular weight is 383 g/mol. The minimum absolute atomic E-state index is 0.288. The summed E-state index contributed by atoms with van der Waals surface area (Å²) >= 11 is 3.41. The number of nitrogens with one attached hydrogen (secondary N) is 2. The van der Waals surface area contributed by atoms with Crippen molar-refractivity contribution in [2.24, 2.45) is 0 Å². The lowest BCUT2D eigenvalue weighted by molar-refractivity contribution is 0.102. The summed E-state index contributed by atoms with van der Waals surface area (Å²) in [4.78, 5) is 21.1. The molecule has 6 heteroatoms. The Morgan fingerprint density at radius 3 is 2.46 bits per heavy atom. The van der Waals surface area contributed by atoms with Gasteiger partial charge in [-0.15, -0.1) is 0 Å². The van der Waals surface area contributed by atoms with Crippen LogP contribution in [0.4, 0.5) is 17.3 Å². The minimum atomic E-state index is -0.288. The number of para-hydroxylation sites is 2. The predicted octanol–water partition coefficient (Wildman–Crippen LogP) is 4.54. The maximum Gasteiger partial charge on any atom is 0.274 e. The van der Waals surface area contributed by atoms with Gasteiger partial charge >= 0.3 is 0 Å². The highest BCUT2D eigenvalue weighted by atomic mass is 79.9. The molecule has 120 valence electrons. The summed E-state index contributed by atoms with van der Waals surface area (Å²) in [7, 11) is 0. The molecular formula is C18H15BrN4O. The van der Waals surface area contributed by atoms with Crippen LogP contribution in [0.25, 0.3) is 0 Å². The number of hydrogen-bond acceptors (Lipinski definition) is 4. The topological polar surface area (TPSA) is 66.9 Å². The smallest absolute Gasteiger partial charge is 0.274 e. The molecule has 0 aliphatic heterocycles. The van der Waals surface area contributed by atoms with Crippen molar-refractivity contribution in [3.63, 3.8) is 0 Å². The summed E-state index contributed by atoms with van der Waals surface area (Å²) in [6.45, 7) is 1.83. The molecule has 3 rings (SSSR count). The van der Waals surface area contributed by atoms with Crippen LogP contribution in [-0.2, 0) is 0 Å². The molecule has 1 amide bonds. The first-order valence-electron chi connectivity index (χ1n) is 7.35. The van der Waals surface area contributed by atoms with Crippen molar-refractivity contribution >= 4 is 39.2 Å². The maximum atomic E-state index is 12.5. The van der Waals surface area contributed by atoms with Gasteiger partial charge < -0.3 is 10.6 Å². The summed E-state index contributed by atoms with van der Waals surface area (Å²) in [6.07, 6.45) is 0. The van der Waals surface area contributed by atoms with Gasteiger partial charge in [0, 0.05) is 15.9 Å². The van der Waals surface area contributed by atoms with Gasteiger partial charge in [0.2, 0.25) is 5.95 Å². The van der Waals surface area contributed by atoms with Crippen LogP contribution in [0.3, 0.4) is 0 Å². The van der Waals surface area contributed by atoms with Crippen LogP contribution < -0.4 is 10.6 Å². The first-order chi connectivity index (χ1) is 11.6. The molecule has 1 heterocycles. The number of amides is 1. The van der Waals surface area contributed by atoms with Crippen molar-refractivity contribution in [2.75, 3.05) is 10.6 Å². The van der Waals surface area contributed by atoms with E-state index in [4.69, 9.17) is 0 Å². The monoisotopic (exact) mass is 382 g/mol. The standard InChI is InChI=1S/C18H15BrN4O/c1-12-11-16(17(24)22-15-10-6-5-9-14(15)19)23-18(20-12)21-13-7-3-2-4-8-13/h2-11H,1H3,(H,22,24)(H,20,21,23). The molecule has 0 atom stereocenters. The zero-order chi connectivity index (χ0) is 16.9. The van der Waals surface area contributed by atoms with Gasteiger partial charge in [-0.25, -0.2) is 9.97 Å². The van der Waals surface area contributed by atoms with E-state index in [0.29, 0.717) is 23.0 Å². The Hall–Kier alpha value is -2.73. The summed E-state index contributed by atoms with van der Waals surface area (Å²) < 4.78 is 0.812. The molecule has 0 unspecified atom stereocenters. The lowest BCUT2D eigenvalue weighted by atomic mass is 10.3. The van der Waals surface area contributed by atoms with E-state index in [1.54, 1.807) is 6.07 Å². The van der Waals surface area contributed by atoms with Crippen LogP contribution in [0.15, 0.2) is 65.1 Å². The van der Waals surface area contributed by atoms with Crippen molar-refractivity contribution in [1.29, 1.82) is 0 Å². The fraction of sp³-hybridized carbons (Fsp3) is 0.0556. The van der Waals surface area contributed by atoms with E-state index in [2.05, 4.69) is 36.5 Å². The van der Waals surface area contributed by atoms with E-state index >= 15 is 0 Å². The summed E-state index contributed by atoms with van der Waals surface area (Å²) in [5.41, 5.74) is 2.56. The van der Waals surface area contributed by atoms with Gasteiger partial charge in [-0.3, -0.25) is 4.79 Å². The Bertz CT molecular complexity index is 868. The highest BCUT2D eigenvalue weighted by Gasteiger charge is 2.12. The molecule has 0 aliphatic rings. The van der Waals surface area contributed by atoms with Crippen LogP contribution in [0, 0.1) is 6.92 Å². The molecule has 0 saturated heterocycles. The predicted molar refractivity (Wildman–Crippen MR) is 98.6 cm³/mol. The molecule has 0 radical (unpaired) electrons. The molecule has 5 nitrogen and oxygen atoms in total. The van der Waals surface area contributed by atoms with E-state index < -0.39 is 0 Å². The fourth-order valence-electron chi connectivity index (χ4n) is 2.14. The lowest BCUT2D eigenvalue weighted by Crippen LogP contribution is -2.15. The molecule has 0 fully saturated rings. The van der Waals surface area contributed by atoms with E-state index in [9.17, 15) is 4.79 Å². The minimum Gasteiger partial charge on any atom is -0.324 e. The molecule has 2 N–H and O–H groups in total. The van der Waals surface area contributed by atoms with Crippen LogP contribution in [0.1, 0.15) is 16.2 Å². The largest absolute Gasteiger partial charge is 0.324 e. The van der Waals surface area contributed by atoms with Crippen LogP contribution >= 0.6 is 15.9 Å². The SMILES string of the molecule is Cc1cc(C(=O)Nc2ccccc2Br)nc(Nc2ccccc2)n1. The normalized spacial score (nSPS) is 10.2. The van der Waals surface area contributed by atoms with Gasteiger partial charge in [0.15, 0.2) is 0 Å². The number of halogens is 1. The number of hydrogen-bond donors (Lipinski definition) is 2. The molecule has 24 heavy (non-hydrogen) atoms. The van der Waals surface area contributed by atoms with Crippen LogP contribution in [-0.4, -0.2) is 15.9 Å². The number of benzene rings is 2. The van der Waals surface area contributed by atoms with Crippen molar-refractivity contribution in [3.05, 3.63) is 76.5 Å². The van der Waals surface area contributed by atoms with Gasteiger partial charge in [0.1, 0.15) is 5.69 Å². The lowest BCUT2D eigenvalue weighted by Gasteiger charge is -2.09. The number of carbonyl (C=O) groups is 1. The van der Waals surface area contributed by atoms with Crippen molar-refractivity contribution in [2.45, 2.75) is 6.92 Å². The molecule has 2 aromatic carbocycles. The van der Waals surface area contributed by atoms with Crippen LogP contribution in [0.5, 0.6) is 0 Å². The zero-order valence-electron chi connectivity index (χ0n) is 13.0. The Labute approximate surface area is 148 Å². The van der Waals surface area contributed by atoms with Crippen LogP contribution in [0.2, 0.25) is 0 Å². The van der Waals surface area contributed by atoms with Gasteiger partial charge in [0.05, 0.1) is 5.69 Å². The molecule has 0 saturated carbocycles. The number of rotatable bonds is 4. The second-order valence-electron chi connectivity index (χ2n) is 5.14. The molecule has 0 spiro atoms. The van der Waals surface area contributed by atoms with E-state index in [1.807, 2.05) is 61.5 Å². The van der Waals surface area contributed by atoms with Crippen molar-refractivity contribution in [1.82, 2.24) is 9.97 Å². The molecular weight excluding hydrogens is 368 g/mol. The number of aryl methyl sites for hydroxylation is 1. The Balaban J connectivity index is 1.83. The summed E-state index contributed by atoms with van der Waals surface area (Å²) in [6, 6.07) is 18.7. The fourth-order valence-corrected chi connectivity index (χ4v) is 2.52. The van der Waals surface area contributed by atoms with E-state index in [1.165, 1.54) is 0 Å². The highest BCUT2D eigenvalue weighted by molar-refractivity contribution is 9.10.